The van der Waals surface area contributed by atoms with Gasteiger partial charge in [-0.1, -0.05) is 78.1 Å². The summed E-state index contributed by atoms with van der Waals surface area (Å²) in [6.07, 6.45) is 8.71. The van der Waals surface area contributed by atoms with Crippen LogP contribution in [-0.2, 0) is 4.74 Å². The summed E-state index contributed by atoms with van der Waals surface area (Å²) in [5.74, 6) is 0. The van der Waals surface area contributed by atoms with E-state index in [1.807, 2.05) is 0 Å². The number of rotatable bonds is 4. The zero-order valence-corrected chi connectivity index (χ0v) is 13.4. The SMILES string of the molecule is Cc1ccc(C(CI)OC2CCCCCC2)cc1. The Kier molecular flexibility index (Phi) is 5.96. The lowest BCUT2D eigenvalue weighted by atomic mass is 10.1. The first-order valence-electron chi connectivity index (χ1n) is 7.07. The summed E-state index contributed by atoms with van der Waals surface area (Å²) in [4.78, 5) is 0. The average molecular weight is 358 g/mol. The Morgan fingerprint density at radius 3 is 2.28 bits per heavy atom. The first-order chi connectivity index (χ1) is 8.79. The second-order valence-electron chi connectivity index (χ2n) is 5.30. The molecule has 1 saturated carbocycles. The Balaban J connectivity index is 1.97. The van der Waals surface area contributed by atoms with Gasteiger partial charge in [-0.3, -0.25) is 0 Å². The van der Waals surface area contributed by atoms with Crippen LogP contribution < -0.4 is 0 Å². The van der Waals surface area contributed by atoms with Crippen molar-refractivity contribution in [2.75, 3.05) is 4.43 Å². The van der Waals surface area contributed by atoms with Crippen molar-refractivity contribution in [3.63, 3.8) is 0 Å². The number of alkyl halides is 1. The van der Waals surface area contributed by atoms with E-state index >= 15 is 0 Å². The second kappa shape index (κ2) is 7.49. The summed E-state index contributed by atoms with van der Waals surface area (Å²) < 4.78 is 7.38. The fourth-order valence-corrected chi connectivity index (χ4v) is 3.31. The summed E-state index contributed by atoms with van der Waals surface area (Å²) in [5.41, 5.74) is 2.65. The summed E-state index contributed by atoms with van der Waals surface area (Å²) in [6, 6.07) is 8.81. The molecular formula is C16H23IO. The van der Waals surface area contributed by atoms with Gasteiger partial charge in [0.15, 0.2) is 0 Å². The lowest BCUT2D eigenvalue weighted by Gasteiger charge is -2.23. The van der Waals surface area contributed by atoms with Crippen LogP contribution in [0.2, 0.25) is 0 Å². The van der Waals surface area contributed by atoms with Crippen LogP contribution in [-0.4, -0.2) is 10.5 Å². The van der Waals surface area contributed by atoms with Gasteiger partial charge in [-0.05, 0) is 25.3 Å². The van der Waals surface area contributed by atoms with Crippen molar-refractivity contribution in [1.29, 1.82) is 0 Å². The Morgan fingerprint density at radius 2 is 1.72 bits per heavy atom. The molecule has 1 aliphatic carbocycles. The first-order valence-corrected chi connectivity index (χ1v) is 8.60. The number of aryl methyl sites for hydroxylation is 1. The molecule has 0 amide bonds. The van der Waals surface area contributed by atoms with E-state index < -0.39 is 0 Å². The molecule has 0 radical (unpaired) electrons. The van der Waals surface area contributed by atoms with Crippen LogP contribution in [0.4, 0.5) is 0 Å². The quantitative estimate of drug-likeness (QED) is 0.408. The number of benzene rings is 1. The van der Waals surface area contributed by atoms with Gasteiger partial charge in [-0.25, -0.2) is 0 Å². The minimum absolute atomic E-state index is 0.272. The van der Waals surface area contributed by atoms with Crippen LogP contribution in [0.15, 0.2) is 24.3 Å². The molecule has 1 atom stereocenters. The third-order valence-corrected chi connectivity index (χ3v) is 4.55. The van der Waals surface area contributed by atoms with Crippen molar-refractivity contribution in [2.24, 2.45) is 0 Å². The molecule has 0 saturated heterocycles. The molecule has 18 heavy (non-hydrogen) atoms. The molecule has 1 aliphatic rings. The van der Waals surface area contributed by atoms with E-state index in [-0.39, 0.29) is 6.10 Å². The van der Waals surface area contributed by atoms with E-state index in [4.69, 9.17) is 4.74 Å². The third kappa shape index (κ3) is 4.23. The molecule has 0 bridgehead atoms. The third-order valence-electron chi connectivity index (χ3n) is 3.75. The van der Waals surface area contributed by atoms with E-state index in [1.165, 1.54) is 49.7 Å². The van der Waals surface area contributed by atoms with Gasteiger partial charge in [0.05, 0.1) is 12.2 Å². The topological polar surface area (TPSA) is 9.23 Å². The van der Waals surface area contributed by atoms with Gasteiger partial charge in [0.2, 0.25) is 0 Å². The lowest BCUT2D eigenvalue weighted by molar-refractivity contribution is -0.00705. The van der Waals surface area contributed by atoms with Gasteiger partial charge in [-0.2, -0.15) is 0 Å². The number of hydrogen-bond donors (Lipinski definition) is 0. The van der Waals surface area contributed by atoms with Gasteiger partial charge in [-0.15, -0.1) is 0 Å². The van der Waals surface area contributed by atoms with Crippen LogP contribution in [0.1, 0.15) is 55.8 Å². The molecule has 0 N–H and O–H groups in total. The molecule has 0 aromatic heterocycles. The number of hydrogen-bond acceptors (Lipinski definition) is 1. The highest BCUT2D eigenvalue weighted by molar-refractivity contribution is 14.1. The summed E-state index contributed by atoms with van der Waals surface area (Å²) >= 11 is 2.44. The zero-order chi connectivity index (χ0) is 12.8. The molecular weight excluding hydrogens is 335 g/mol. The largest absolute Gasteiger partial charge is 0.369 e. The Hall–Kier alpha value is -0.0900. The molecule has 0 spiro atoms. The maximum absolute atomic E-state index is 6.34. The van der Waals surface area contributed by atoms with Gasteiger partial charge in [0.1, 0.15) is 0 Å². The van der Waals surface area contributed by atoms with Crippen molar-refractivity contribution < 1.29 is 4.74 Å². The summed E-state index contributed by atoms with van der Waals surface area (Å²) in [6.45, 7) is 2.13. The number of ether oxygens (including phenoxy) is 1. The van der Waals surface area contributed by atoms with Crippen LogP contribution >= 0.6 is 22.6 Å². The molecule has 2 heteroatoms. The van der Waals surface area contributed by atoms with Gasteiger partial charge in [0, 0.05) is 4.43 Å². The zero-order valence-electron chi connectivity index (χ0n) is 11.2. The van der Waals surface area contributed by atoms with Gasteiger partial charge < -0.3 is 4.74 Å². The van der Waals surface area contributed by atoms with E-state index in [9.17, 15) is 0 Å². The van der Waals surface area contributed by atoms with Crippen LogP contribution in [0.3, 0.4) is 0 Å². The van der Waals surface area contributed by atoms with Crippen LogP contribution in [0.5, 0.6) is 0 Å². The van der Waals surface area contributed by atoms with Crippen LogP contribution in [0, 0.1) is 6.92 Å². The average Bonchev–Trinajstić information content (AvgIpc) is 2.66. The Bertz CT molecular complexity index is 339. The highest BCUT2D eigenvalue weighted by atomic mass is 127. The molecule has 1 fully saturated rings. The minimum Gasteiger partial charge on any atom is -0.369 e. The van der Waals surface area contributed by atoms with Crippen molar-refractivity contribution in [2.45, 2.75) is 57.7 Å². The highest BCUT2D eigenvalue weighted by Crippen LogP contribution is 2.27. The summed E-state index contributed by atoms with van der Waals surface area (Å²) in [7, 11) is 0. The normalized spacial score (nSPS) is 19.4. The molecule has 1 aromatic carbocycles. The molecule has 1 aromatic rings. The molecule has 100 valence electrons. The van der Waals surface area contributed by atoms with Crippen molar-refractivity contribution in [1.82, 2.24) is 0 Å². The smallest absolute Gasteiger partial charge is 0.0918 e. The predicted octanol–water partition coefficient (Wildman–Crippen LogP) is 5.21. The fourth-order valence-electron chi connectivity index (χ4n) is 2.60. The minimum atomic E-state index is 0.272. The van der Waals surface area contributed by atoms with Gasteiger partial charge in [0.25, 0.3) is 0 Å². The standard InChI is InChI=1S/C16H23IO/c1-13-8-10-14(11-9-13)16(12-17)18-15-6-4-2-3-5-7-15/h8-11,15-16H,2-7,12H2,1H3. The molecule has 1 nitrogen and oxygen atoms in total. The number of halogens is 1. The van der Waals surface area contributed by atoms with Crippen LogP contribution in [0.25, 0.3) is 0 Å². The van der Waals surface area contributed by atoms with Gasteiger partial charge >= 0.3 is 0 Å². The first kappa shape index (κ1) is 14.3. The Morgan fingerprint density at radius 1 is 1.11 bits per heavy atom. The molecule has 0 heterocycles. The maximum Gasteiger partial charge on any atom is 0.0918 e. The molecule has 0 aliphatic heterocycles. The van der Waals surface area contributed by atoms with E-state index in [2.05, 4.69) is 53.8 Å². The molecule has 2 rings (SSSR count). The predicted molar refractivity (Wildman–Crippen MR) is 85.4 cm³/mol. The maximum atomic E-state index is 6.34. The van der Waals surface area contributed by atoms with Crippen molar-refractivity contribution in [3.05, 3.63) is 35.4 Å². The summed E-state index contributed by atoms with van der Waals surface area (Å²) in [5, 5.41) is 0. The Labute approximate surface area is 124 Å². The van der Waals surface area contributed by atoms with E-state index in [1.54, 1.807) is 0 Å². The van der Waals surface area contributed by atoms with Crippen molar-refractivity contribution in [3.8, 4) is 0 Å². The monoisotopic (exact) mass is 358 g/mol. The van der Waals surface area contributed by atoms with E-state index in [0.717, 1.165) is 4.43 Å². The highest BCUT2D eigenvalue weighted by Gasteiger charge is 2.18. The lowest BCUT2D eigenvalue weighted by Crippen LogP contribution is -2.17. The van der Waals surface area contributed by atoms with E-state index in [0.29, 0.717) is 6.10 Å². The van der Waals surface area contributed by atoms with Crippen molar-refractivity contribution >= 4 is 22.6 Å². The molecule has 1 unspecified atom stereocenters. The fraction of sp³-hybridized carbons (Fsp3) is 0.625. The second-order valence-corrected chi connectivity index (χ2v) is 6.18.